The highest BCUT2D eigenvalue weighted by atomic mass is 19.1. The quantitative estimate of drug-likeness (QED) is 0.765. The molecule has 3 aromatic rings. The molecule has 0 bridgehead atoms. The van der Waals surface area contributed by atoms with E-state index in [1.54, 1.807) is 13.0 Å². The number of ether oxygens (including phenoxy) is 1. The number of nitrogens with one attached hydrogen (secondary N) is 1. The zero-order chi connectivity index (χ0) is 17.1. The molecule has 0 fully saturated rings. The van der Waals surface area contributed by atoms with Crippen LogP contribution < -0.4 is 10.1 Å². The monoisotopic (exact) mass is 327 g/mol. The van der Waals surface area contributed by atoms with Crippen molar-refractivity contribution in [1.29, 1.82) is 0 Å². The Morgan fingerprint density at radius 3 is 2.58 bits per heavy atom. The van der Waals surface area contributed by atoms with Crippen LogP contribution in [-0.2, 0) is 4.79 Å². The van der Waals surface area contributed by atoms with Crippen molar-refractivity contribution < 1.29 is 18.3 Å². The molecule has 1 atom stereocenters. The number of carbonyl (C=O) groups excluding carboxylic acids is 1. The average molecular weight is 327 g/mol. The summed E-state index contributed by atoms with van der Waals surface area (Å²) in [5.74, 6) is -1.49. The van der Waals surface area contributed by atoms with E-state index in [4.69, 9.17) is 4.74 Å². The molecule has 0 heterocycles. The lowest BCUT2D eigenvalue weighted by atomic mass is 10.1. The number of fused-ring (bicyclic) bond motifs is 1. The standard InChI is InChI=1S/C19H15F2NO2/c1-12(19(23)22-17-10-9-14(20)11-16(17)21)24-18-8-4-6-13-5-2-3-7-15(13)18/h2-12H,1H3,(H,22,23). The Kier molecular flexibility index (Phi) is 4.42. The Hall–Kier alpha value is -2.95. The first-order valence-corrected chi connectivity index (χ1v) is 7.45. The van der Waals surface area contributed by atoms with E-state index >= 15 is 0 Å². The predicted octanol–water partition coefficient (Wildman–Crippen LogP) is 4.52. The fourth-order valence-corrected chi connectivity index (χ4v) is 2.37. The van der Waals surface area contributed by atoms with Crippen LogP contribution >= 0.6 is 0 Å². The van der Waals surface area contributed by atoms with Gasteiger partial charge in [0.15, 0.2) is 6.10 Å². The molecule has 5 heteroatoms. The number of halogens is 2. The van der Waals surface area contributed by atoms with Gasteiger partial charge in [0.2, 0.25) is 0 Å². The highest BCUT2D eigenvalue weighted by Crippen LogP contribution is 2.26. The molecule has 0 aliphatic heterocycles. The van der Waals surface area contributed by atoms with E-state index in [1.807, 2.05) is 36.4 Å². The zero-order valence-electron chi connectivity index (χ0n) is 12.9. The number of rotatable bonds is 4. The second kappa shape index (κ2) is 6.66. The number of hydrogen-bond donors (Lipinski definition) is 1. The van der Waals surface area contributed by atoms with Crippen LogP contribution in [0.3, 0.4) is 0 Å². The van der Waals surface area contributed by atoms with Crippen LogP contribution in [0.2, 0.25) is 0 Å². The summed E-state index contributed by atoms with van der Waals surface area (Å²) >= 11 is 0. The van der Waals surface area contributed by atoms with E-state index in [0.29, 0.717) is 11.8 Å². The topological polar surface area (TPSA) is 38.3 Å². The normalized spacial score (nSPS) is 12.0. The van der Waals surface area contributed by atoms with Gasteiger partial charge in [0, 0.05) is 11.5 Å². The fraction of sp³-hybridized carbons (Fsp3) is 0.105. The van der Waals surface area contributed by atoms with Gasteiger partial charge in [0.05, 0.1) is 5.69 Å². The summed E-state index contributed by atoms with van der Waals surface area (Å²) in [5.41, 5.74) is -0.0882. The molecule has 0 spiro atoms. The van der Waals surface area contributed by atoms with Crippen molar-refractivity contribution in [2.45, 2.75) is 13.0 Å². The highest BCUT2D eigenvalue weighted by molar-refractivity contribution is 5.95. The number of carbonyl (C=O) groups is 1. The van der Waals surface area contributed by atoms with Gasteiger partial charge in [-0.1, -0.05) is 36.4 Å². The Morgan fingerprint density at radius 1 is 1.04 bits per heavy atom. The Labute approximate surface area is 137 Å². The van der Waals surface area contributed by atoms with Gasteiger partial charge in [-0.3, -0.25) is 4.79 Å². The van der Waals surface area contributed by atoms with Crippen molar-refractivity contribution in [3.05, 3.63) is 72.3 Å². The summed E-state index contributed by atoms with van der Waals surface area (Å²) < 4.78 is 32.2. The van der Waals surface area contributed by atoms with Gasteiger partial charge in [0.1, 0.15) is 17.4 Å². The van der Waals surface area contributed by atoms with E-state index in [-0.39, 0.29) is 5.69 Å². The van der Waals surface area contributed by atoms with E-state index in [2.05, 4.69) is 5.32 Å². The minimum absolute atomic E-state index is 0.0882. The van der Waals surface area contributed by atoms with E-state index in [0.717, 1.165) is 16.8 Å². The first-order chi connectivity index (χ1) is 11.5. The largest absolute Gasteiger partial charge is 0.480 e. The summed E-state index contributed by atoms with van der Waals surface area (Å²) in [4.78, 5) is 12.2. The summed E-state index contributed by atoms with van der Waals surface area (Å²) in [6.07, 6.45) is -0.847. The third-order valence-electron chi connectivity index (χ3n) is 3.61. The van der Waals surface area contributed by atoms with Crippen LogP contribution in [0.25, 0.3) is 10.8 Å². The van der Waals surface area contributed by atoms with Crippen molar-refractivity contribution in [2.75, 3.05) is 5.32 Å². The first-order valence-electron chi connectivity index (χ1n) is 7.45. The summed E-state index contributed by atoms with van der Waals surface area (Å²) in [7, 11) is 0. The van der Waals surface area contributed by atoms with E-state index in [1.165, 1.54) is 6.07 Å². The maximum absolute atomic E-state index is 13.6. The van der Waals surface area contributed by atoms with E-state index in [9.17, 15) is 13.6 Å². The van der Waals surface area contributed by atoms with Crippen LogP contribution in [0.5, 0.6) is 5.75 Å². The Balaban J connectivity index is 1.76. The fourth-order valence-electron chi connectivity index (χ4n) is 2.37. The number of benzene rings is 3. The summed E-state index contributed by atoms with van der Waals surface area (Å²) in [6.45, 7) is 1.57. The second-order valence-electron chi connectivity index (χ2n) is 5.35. The van der Waals surface area contributed by atoms with Crippen LogP contribution in [0.15, 0.2) is 60.7 Å². The lowest BCUT2D eigenvalue weighted by molar-refractivity contribution is -0.122. The number of anilines is 1. The van der Waals surface area contributed by atoms with Crippen molar-refractivity contribution in [1.82, 2.24) is 0 Å². The van der Waals surface area contributed by atoms with Gasteiger partial charge in [-0.25, -0.2) is 8.78 Å². The van der Waals surface area contributed by atoms with Crippen molar-refractivity contribution in [2.24, 2.45) is 0 Å². The SMILES string of the molecule is CC(Oc1cccc2ccccc12)C(=O)Nc1ccc(F)cc1F. The third kappa shape index (κ3) is 3.35. The van der Waals surface area contributed by atoms with Crippen LogP contribution in [0, 0.1) is 11.6 Å². The van der Waals surface area contributed by atoms with Gasteiger partial charge in [0.25, 0.3) is 5.91 Å². The molecule has 0 saturated heterocycles. The van der Waals surface area contributed by atoms with Gasteiger partial charge >= 0.3 is 0 Å². The van der Waals surface area contributed by atoms with Crippen molar-refractivity contribution in [3.63, 3.8) is 0 Å². The number of hydrogen-bond acceptors (Lipinski definition) is 2. The predicted molar refractivity (Wildman–Crippen MR) is 89.0 cm³/mol. The highest BCUT2D eigenvalue weighted by Gasteiger charge is 2.17. The third-order valence-corrected chi connectivity index (χ3v) is 3.61. The molecular formula is C19H15F2NO2. The molecule has 24 heavy (non-hydrogen) atoms. The molecule has 0 radical (unpaired) electrons. The van der Waals surface area contributed by atoms with Gasteiger partial charge in [-0.2, -0.15) is 0 Å². The average Bonchev–Trinajstić information content (AvgIpc) is 2.57. The van der Waals surface area contributed by atoms with E-state index < -0.39 is 23.6 Å². The van der Waals surface area contributed by atoms with Crippen LogP contribution in [-0.4, -0.2) is 12.0 Å². The maximum atomic E-state index is 13.6. The molecule has 0 saturated carbocycles. The van der Waals surface area contributed by atoms with Crippen LogP contribution in [0.4, 0.5) is 14.5 Å². The minimum atomic E-state index is -0.847. The van der Waals surface area contributed by atoms with Gasteiger partial charge in [-0.15, -0.1) is 0 Å². The van der Waals surface area contributed by atoms with Crippen molar-refractivity contribution in [3.8, 4) is 5.75 Å². The lowest BCUT2D eigenvalue weighted by Crippen LogP contribution is -2.30. The molecule has 0 aliphatic carbocycles. The summed E-state index contributed by atoms with van der Waals surface area (Å²) in [6, 6.07) is 16.2. The molecule has 1 N–H and O–H groups in total. The molecule has 3 rings (SSSR count). The minimum Gasteiger partial charge on any atom is -0.480 e. The smallest absolute Gasteiger partial charge is 0.265 e. The molecular weight excluding hydrogens is 312 g/mol. The molecule has 1 amide bonds. The lowest BCUT2D eigenvalue weighted by Gasteiger charge is -2.16. The van der Waals surface area contributed by atoms with Gasteiger partial charge in [-0.05, 0) is 30.5 Å². The first kappa shape index (κ1) is 15.9. The zero-order valence-corrected chi connectivity index (χ0v) is 12.9. The maximum Gasteiger partial charge on any atom is 0.265 e. The molecule has 0 aliphatic rings. The second-order valence-corrected chi connectivity index (χ2v) is 5.35. The van der Waals surface area contributed by atoms with Crippen molar-refractivity contribution >= 4 is 22.4 Å². The van der Waals surface area contributed by atoms with Gasteiger partial charge < -0.3 is 10.1 Å². The molecule has 122 valence electrons. The molecule has 1 unspecified atom stereocenters. The molecule has 0 aromatic heterocycles. The molecule has 3 aromatic carbocycles. The Morgan fingerprint density at radius 2 is 1.79 bits per heavy atom. The summed E-state index contributed by atoms with van der Waals surface area (Å²) in [5, 5.41) is 4.27. The molecule has 3 nitrogen and oxygen atoms in total. The number of amides is 1. The van der Waals surface area contributed by atoms with Crippen LogP contribution in [0.1, 0.15) is 6.92 Å². The Bertz CT molecular complexity index is 890.